The first-order valence-electron chi connectivity index (χ1n) is 7.41. The van der Waals surface area contributed by atoms with Gasteiger partial charge in [0.05, 0.1) is 26.2 Å². The van der Waals surface area contributed by atoms with Gasteiger partial charge in [-0.05, 0) is 12.5 Å². The van der Waals surface area contributed by atoms with Gasteiger partial charge in [-0.25, -0.2) is 15.0 Å². The lowest BCUT2D eigenvalue weighted by atomic mass is 10.2. The number of nitrogens with one attached hydrogen (secondary N) is 1. The van der Waals surface area contributed by atoms with Crippen LogP contribution in [0, 0.1) is 0 Å². The van der Waals surface area contributed by atoms with Gasteiger partial charge in [-0.1, -0.05) is 0 Å². The molecule has 0 radical (unpaired) electrons. The summed E-state index contributed by atoms with van der Waals surface area (Å²) < 4.78 is 10.6. The molecule has 2 aromatic heterocycles. The number of carboxylic acids is 1. The molecule has 25 heavy (non-hydrogen) atoms. The Hall–Kier alpha value is -2.94. The predicted octanol–water partition coefficient (Wildman–Crippen LogP) is 2.86. The van der Waals surface area contributed by atoms with E-state index < -0.39 is 5.97 Å². The summed E-state index contributed by atoms with van der Waals surface area (Å²) in [6, 6.07) is 3.58. The third kappa shape index (κ3) is 3.77. The molecule has 0 atom stereocenters. The monoisotopic (exact) mass is 360 g/mol. The van der Waals surface area contributed by atoms with Crippen LogP contribution in [0.2, 0.25) is 0 Å². The normalized spacial score (nSPS) is 10.6. The Kier molecular flexibility index (Phi) is 4.94. The van der Waals surface area contributed by atoms with Gasteiger partial charge in [0.1, 0.15) is 12.1 Å². The van der Waals surface area contributed by atoms with Crippen LogP contribution in [0.4, 0.5) is 10.9 Å². The predicted molar refractivity (Wildman–Crippen MR) is 94.0 cm³/mol. The van der Waals surface area contributed by atoms with E-state index >= 15 is 0 Å². The zero-order valence-corrected chi connectivity index (χ0v) is 14.5. The first-order chi connectivity index (χ1) is 12.1. The molecular weight excluding hydrogens is 344 g/mol. The Labute approximate surface area is 147 Å². The van der Waals surface area contributed by atoms with Crippen LogP contribution in [-0.4, -0.2) is 40.2 Å². The number of carboxylic acid groups (broad SMARTS) is 1. The van der Waals surface area contributed by atoms with Gasteiger partial charge in [-0.15, -0.1) is 11.3 Å². The van der Waals surface area contributed by atoms with Crippen molar-refractivity contribution in [3.63, 3.8) is 0 Å². The van der Waals surface area contributed by atoms with Crippen LogP contribution in [0.1, 0.15) is 11.3 Å². The molecule has 0 fully saturated rings. The summed E-state index contributed by atoms with van der Waals surface area (Å²) in [5.74, 6) is 0.926. The number of anilines is 2. The van der Waals surface area contributed by atoms with Crippen molar-refractivity contribution in [3.05, 3.63) is 29.5 Å². The molecule has 0 bridgehead atoms. The Morgan fingerprint density at radius 3 is 2.68 bits per heavy atom. The van der Waals surface area contributed by atoms with Crippen LogP contribution < -0.4 is 14.8 Å². The topological polar surface area (TPSA) is 106 Å². The van der Waals surface area contributed by atoms with Gasteiger partial charge in [0, 0.05) is 22.5 Å². The fourth-order valence-corrected chi connectivity index (χ4v) is 3.11. The Bertz CT molecular complexity index is 912. The molecule has 1 aromatic carbocycles. The molecule has 0 saturated heterocycles. The number of fused-ring (bicyclic) bond motifs is 1. The van der Waals surface area contributed by atoms with Gasteiger partial charge in [0.15, 0.2) is 16.6 Å². The number of nitrogens with zero attached hydrogens (tertiary/aromatic N) is 3. The summed E-state index contributed by atoms with van der Waals surface area (Å²) in [6.45, 7) is 0. The Morgan fingerprint density at radius 2 is 1.96 bits per heavy atom. The lowest BCUT2D eigenvalue weighted by molar-refractivity contribution is -0.136. The lowest BCUT2D eigenvalue weighted by Crippen LogP contribution is -1.97. The second-order valence-corrected chi connectivity index (χ2v) is 6.21. The van der Waals surface area contributed by atoms with Gasteiger partial charge in [0.2, 0.25) is 0 Å². The first-order valence-corrected chi connectivity index (χ1v) is 8.22. The van der Waals surface area contributed by atoms with E-state index in [1.54, 1.807) is 32.5 Å². The molecule has 0 spiro atoms. The zero-order chi connectivity index (χ0) is 17.8. The Balaban J connectivity index is 1.89. The number of aromatic nitrogens is 3. The average Bonchev–Trinajstić information content (AvgIpc) is 3.06. The summed E-state index contributed by atoms with van der Waals surface area (Å²) in [5, 5.41) is 13.3. The molecule has 0 aliphatic rings. The highest BCUT2D eigenvalue weighted by atomic mass is 32.1. The van der Waals surface area contributed by atoms with Gasteiger partial charge in [-0.2, -0.15) is 0 Å². The van der Waals surface area contributed by atoms with Crippen LogP contribution in [0.15, 0.2) is 24.7 Å². The summed E-state index contributed by atoms with van der Waals surface area (Å²) in [5.41, 5.74) is 0.706. The number of methoxy groups -OCH3 is 2. The molecule has 3 aromatic rings. The standard InChI is InChI=1S/C16H16N4O4S/c1-23-12-5-10-11(6-13(12)24-2)18-8-19-15(10)20-16-17-7-9(25-16)3-4-14(21)22/h5-8H,3-4H2,1-2H3,(H,21,22)(H,17,18,19,20). The summed E-state index contributed by atoms with van der Waals surface area (Å²) >= 11 is 1.39. The summed E-state index contributed by atoms with van der Waals surface area (Å²) in [4.78, 5) is 24.3. The smallest absolute Gasteiger partial charge is 0.303 e. The number of ether oxygens (including phenoxy) is 2. The van der Waals surface area contributed by atoms with E-state index in [1.165, 1.54) is 17.7 Å². The molecule has 3 rings (SSSR count). The lowest BCUT2D eigenvalue weighted by Gasteiger charge is -2.11. The molecule has 130 valence electrons. The maximum atomic E-state index is 10.7. The van der Waals surface area contributed by atoms with E-state index in [4.69, 9.17) is 14.6 Å². The SMILES string of the molecule is COc1cc2ncnc(Nc3ncc(CCC(=O)O)s3)c2cc1OC. The molecule has 2 heterocycles. The van der Waals surface area contributed by atoms with E-state index in [0.717, 1.165) is 10.3 Å². The number of aliphatic carboxylic acids is 1. The van der Waals surface area contributed by atoms with Gasteiger partial charge in [-0.3, -0.25) is 4.79 Å². The third-order valence-electron chi connectivity index (χ3n) is 3.50. The van der Waals surface area contributed by atoms with Crippen LogP contribution >= 0.6 is 11.3 Å². The van der Waals surface area contributed by atoms with Gasteiger partial charge < -0.3 is 19.9 Å². The van der Waals surface area contributed by atoms with Crippen molar-refractivity contribution in [3.8, 4) is 11.5 Å². The fraction of sp³-hybridized carbons (Fsp3) is 0.250. The minimum absolute atomic E-state index is 0.0784. The third-order valence-corrected chi connectivity index (χ3v) is 4.48. The van der Waals surface area contributed by atoms with Crippen LogP contribution in [-0.2, 0) is 11.2 Å². The largest absolute Gasteiger partial charge is 0.493 e. The molecule has 0 unspecified atom stereocenters. The number of thiazole rings is 1. The first kappa shape index (κ1) is 16.9. The van der Waals surface area contributed by atoms with Crippen molar-refractivity contribution in [1.82, 2.24) is 15.0 Å². The molecular formula is C16H16N4O4S. The van der Waals surface area contributed by atoms with Crippen molar-refractivity contribution in [2.75, 3.05) is 19.5 Å². The number of rotatable bonds is 7. The minimum Gasteiger partial charge on any atom is -0.493 e. The van der Waals surface area contributed by atoms with Crippen molar-refractivity contribution in [1.29, 1.82) is 0 Å². The van der Waals surface area contributed by atoms with E-state index in [9.17, 15) is 4.79 Å². The number of benzene rings is 1. The van der Waals surface area contributed by atoms with E-state index in [-0.39, 0.29) is 6.42 Å². The highest BCUT2D eigenvalue weighted by Crippen LogP contribution is 2.34. The molecule has 2 N–H and O–H groups in total. The second kappa shape index (κ2) is 7.31. The quantitative estimate of drug-likeness (QED) is 0.662. The van der Waals surface area contributed by atoms with Gasteiger partial charge >= 0.3 is 5.97 Å². The van der Waals surface area contributed by atoms with Crippen LogP contribution in [0.5, 0.6) is 11.5 Å². The molecule has 0 amide bonds. The summed E-state index contributed by atoms with van der Waals surface area (Å²) in [7, 11) is 3.13. The Morgan fingerprint density at radius 1 is 1.20 bits per heavy atom. The number of aryl methyl sites for hydroxylation is 1. The highest BCUT2D eigenvalue weighted by molar-refractivity contribution is 7.15. The van der Waals surface area contributed by atoms with E-state index in [1.807, 2.05) is 0 Å². The minimum atomic E-state index is -0.828. The molecule has 0 saturated carbocycles. The number of carbonyl (C=O) groups is 1. The number of hydrogen-bond acceptors (Lipinski definition) is 8. The zero-order valence-electron chi connectivity index (χ0n) is 13.6. The van der Waals surface area contributed by atoms with Crippen LogP contribution in [0.3, 0.4) is 0 Å². The number of hydrogen-bond donors (Lipinski definition) is 2. The van der Waals surface area contributed by atoms with Crippen molar-refractivity contribution in [2.45, 2.75) is 12.8 Å². The molecule has 0 aliphatic carbocycles. The van der Waals surface area contributed by atoms with Crippen molar-refractivity contribution >= 4 is 39.2 Å². The van der Waals surface area contributed by atoms with Crippen molar-refractivity contribution < 1.29 is 19.4 Å². The second-order valence-electron chi connectivity index (χ2n) is 5.10. The molecule has 9 heteroatoms. The van der Waals surface area contributed by atoms with E-state index in [2.05, 4.69) is 20.3 Å². The highest BCUT2D eigenvalue weighted by Gasteiger charge is 2.12. The van der Waals surface area contributed by atoms with Gasteiger partial charge in [0.25, 0.3) is 0 Å². The summed E-state index contributed by atoms with van der Waals surface area (Å²) in [6.07, 6.45) is 3.65. The maximum absolute atomic E-state index is 10.7. The average molecular weight is 360 g/mol. The fourth-order valence-electron chi connectivity index (χ4n) is 2.29. The van der Waals surface area contributed by atoms with Crippen molar-refractivity contribution in [2.24, 2.45) is 0 Å². The van der Waals surface area contributed by atoms with E-state index in [0.29, 0.717) is 34.4 Å². The maximum Gasteiger partial charge on any atom is 0.303 e. The molecule has 8 nitrogen and oxygen atoms in total. The molecule has 0 aliphatic heterocycles. The van der Waals surface area contributed by atoms with Crippen LogP contribution in [0.25, 0.3) is 10.9 Å².